The zero-order chi connectivity index (χ0) is 15.5. The summed E-state index contributed by atoms with van der Waals surface area (Å²) in [5.41, 5.74) is 1.60. The highest BCUT2D eigenvalue weighted by Crippen LogP contribution is 2.34. The van der Waals surface area contributed by atoms with Gasteiger partial charge in [-0.05, 0) is 59.8 Å². The number of hydrogen-bond donors (Lipinski definition) is 2. The van der Waals surface area contributed by atoms with E-state index in [0.717, 1.165) is 9.26 Å². The van der Waals surface area contributed by atoms with Gasteiger partial charge in [0.15, 0.2) is 11.5 Å². The number of benzene rings is 2. The summed E-state index contributed by atoms with van der Waals surface area (Å²) in [6.45, 7) is 2.04. The molecule has 0 fully saturated rings. The van der Waals surface area contributed by atoms with Gasteiger partial charge in [-0.25, -0.2) is 0 Å². The van der Waals surface area contributed by atoms with E-state index in [1.807, 2.05) is 31.2 Å². The number of ether oxygens (including phenoxy) is 2. The lowest BCUT2D eigenvalue weighted by atomic mass is 10.2. The summed E-state index contributed by atoms with van der Waals surface area (Å²) in [4.78, 5) is 12.3. The summed E-state index contributed by atoms with van der Waals surface area (Å²) in [5, 5.41) is 6.05. The van der Waals surface area contributed by atoms with Gasteiger partial charge in [-0.15, -0.1) is 0 Å². The van der Waals surface area contributed by atoms with E-state index in [1.165, 1.54) is 0 Å². The Morgan fingerprint density at radius 3 is 2.77 bits per heavy atom. The third-order valence-corrected chi connectivity index (χ3v) is 3.91. The number of hydrogen-bond acceptors (Lipinski definition) is 4. The van der Waals surface area contributed by atoms with E-state index < -0.39 is 0 Å². The van der Waals surface area contributed by atoms with Crippen molar-refractivity contribution >= 4 is 39.9 Å². The average Bonchev–Trinajstić information content (AvgIpc) is 2.94. The molecule has 0 saturated heterocycles. The number of rotatable bonds is 4. The van der Waals surface area contributed by atoms with Crippen LogP contribution in [0.2, 0.25) is 0 Å². The molecule has 1 amide bonds. The summed E-state index contributed by atoms with van der Waals surface area (Å²) >= 11 is 2.24. The third-order valence-electron chi connectivity index (χ3n) is 3.24. The van der Waals surface area contributed by atoms with E-state index in [4.69, 9.17) is 9.47 Å². The molecule has 2 aromatic rings. The van der Waals surface area contributed by atoms with Crippen LogP contribution in [-0.2, 0) is 4.79 Å². The van der Waals surface area contributed by atoms with Crippen LogP contribution in [0.5, 0.6) is 11.5 Å². The van der Waals surface area contributed by atoms with Crippen LogP contribution >= 0.6 is 22.6 Å². The van der Waals surface area contributed by atoms with E-state index in [9.17, 15) is 4.79 Å². The van der Waals surface area contributed by atoms with E-state index in [1.54, 1.807) is 18.2 Å². The summed E-state index contributed by atoms with van der Waals surface area (Å²) < 4.78 is 11.7. The monoisotopic (exact) mass is 410 g/mol. The molecule has 1 aliphatic rings. The van der Waals surface area contributed by atoms with Crippen molar-refractivity contribution in [3.8, 4) is 11.5 Å². The Hall–Kier alpha value is -1.96. The SMILES string of the molecule is CC(Nc1cccc(I)c1)C(=O)Nc1ccc2c(c1)OCO2. The molecule has 0 aliphatic carbocycles. The predicted molar refractivity (Wildman–Crippen MR) is 93.4 cm³/mol. The number of nitrogens with one attached hydrogen (secondary N) is 2. The van der Waals surface area contributed by atoms with E-state index in [0.29, 0.717) is 17.2 Å². The Balaban J connectivity index is 1.64. The van der Waals surface area contributed by atoms with Crippen LogP contribution in [0.25, 0.3) is 0 Å². The minimum absolute atomic E-state index is 0.113. The molecule has 0 spiro atoms. The first-order chi connectivity index (χ1) is 10.6. The molecule has 6 heteroatoms. The summed E-state index contributed by atoms with van der Waals surface area (Å²) in [5.74, 6) is 1.23. The number of anilines is 2. The fourth-order valence-corrected chi connectivity index (χ4v) is 2.66. The van der Waals surface area contributed by atoms with Crippen LogP contribution in [0.4, 0.5) is 11.4 Å². The largest absolute Gasteiger partial charge is 0.454 e. The third kappa shape index (κ3) is 3.44. The second kappa shape index (κ2) is 6.43. The Bertz CT molecular complexity index is 706. The lowest BCUT2D eigenvalue weighted by Gasteiger charge is -2.15. The predicted octanol–water partition coefficient (Wildman–Crippen LogP) is 3.46. The van der Waals surface area contributed by atoms with Crippen molar-refractivity contribution in [1.29, 1.82) is 0 Å². The molecule has 2 aromatic carbocycles. The maximum absolute atomic E-state index is 12.3. The highest BCUT2D eigenvalue weighted by molar-refractivity contribution is 14.1. The van der Waals surface area contributed by atoms with Gasteiger partial charge in [-0.3, -0.25) is 4.79 Å². The van der Waals surface area contributed by atoms with Crippen LogP contribution in [0.3, 0.4) is 0 Å². The summed E-state index contributed by atoms with van der Waals surface area (Å²) in [6, 6.07) is 12.9. The molecule has 0 aromatic heterocycles. The van der Waals surface area contributed by atoms with Crippen molar-refractivity contribution in [2.45, 2.75) is 13.0 Å². The summed E-state index contributed by atoms with van der Waals surface area (Å²) in [7, 11) is 0. The minimum Gasteiger partial charge on any atom is -0.454 e. The molecule has 1 heterocycles. The van der Waals surface area contributed by atoms with Gasteiger partial charge >= 0.3 is 0 Å². The number of halogens is 1. The van der Waals surface area contributed by atoms with Crippen LogP contribution in [-0.4, -0.2) is 18.7 Å². The lowest BCUT2D eigenvalue weighted by molar-refractivity contribution is -0.116. The van der Waals surface area contributed by atoms with Crippen molar-refractivity contribution < 1.29 is 14.3 Å². The van der Waals surface area contributed by atoms with Gasteiger partial charge < -0.3 is 20.1 Å². The Morgan fingerprint density at radius 1 is 1.14 bits per heavy atom. The summed E-state index contributed by atoms with van der Waals surface area (Å²) in [6.07, 6.45) is 0. The van der Waals surface area contributed by atoms with Crippen LogP contribution in [0, 0.1) is 3.57 Å². The molecular formula is C16H15IN2O3. The zero-order valence-electron chi connectivity index (χ0n) is 11.9. The van der Waals surface area contributed by atoms with Crippen molar-refractivity contribution in [1.82, 2.24) is 0 Å². The number of amides is 1. The van der Waals surface area contributed by atoms with Gasteiger partial charge in [0, 0.05) is 21.0 Å². The molecule has 1 aliphatic heterocycles. The molecule has 1 atom stereocenters. The second-order valence-electron chi connectivity index (χ2n) is 4.93. The van der Waals surface area contributed by atoms with Gasteiger partial charge in [0.2, 0.25) is 12.7 Å². The van der Waals surface area contributed by atoms with Crippen molar-refractivity contribution in [2.75, 3.05) is 17.4 Å². The average molecular weight is 410 g/mol. The molecule has 3 rings (SSSR count). The topological polar surface area (TPSA) is 59.6 Å². The number of carbonyl (C=O) groups excluding carboxylic acids is 1. The minimum atomic E-state index is -0.358. The first-order valence-corrected chi connectivity index (χ1v) is 7.92. The van der Waals surface area contributed by atoms with Crippen LogP contribution in [0.15, 0.2) is 42.5 Å². The molecule has 114 valence electrons. The number of fused-ring (bicyclic) bond motifs is 1. The standard InChI is InChI=1S/C16H15IN2O3/c1-10(18-12-4-2-3-11(17)7-12)16(20)19-13-5-6-14-15(8-13)22-9-21-14/h2-8,10,18H,9H2,1H3,(H,19,20). The lowest BCUT2D eigenvalue weighted by Crippen LogP contribution is -2.31. The van der Waals surface area contributed by atoms with Crippen molar-refractivity contribution in [3.05, 3.63) is 46.0 Å². The van der Waals surface area contributed by atoms with E-state index >= 15 is 0 Å². The van der Waals surface area contributed by atoms with Gasteiger partial charge in [0.25, 0.3) is 0 Å². The maximum atomic E-state index is 12.3. The van der Waals surface area contributed by atoms with Gasteiger partial charge in [-0.2, -0.15) is 0 Å². The van der Waals surface area contributed by atoms with Crippen molar-refractivity contribution in [3.63, 3.8) is 0 Å². The highest BCUT2D eigenvalue weighted by atomic mass is 127. The normalized spacial score (nSPS) is 13.5. The van der Waals surface area contributed by atoms with Gasteiger partial charge in [-0.1, -0.05) is 6.07 Å². The fourth-order valence-electron chi connectivity index (χ4n) is 2.12. The molecule has 22 heavy (non-hydrogen) atoms. The fraction of sp³-hybridized carbons (Fsp3) is 0.188. The Labute approximate surface area is 142 Å². The molecule has 5 nitrogen and oxygen atoms in total. The quantitative estimate of drug-likeness (QED) is 0.759. The Kier molecular flexibility index (Phi) is 4.37. The van der Waals surface area contributed by atoms with Crippen molar-refractivity contribution in [2.24, 2.45) is 0 Å². The first-order valence-electron chi connectivity index (χ1n) is 6.84. The molecule has 2 N–H and O–H groups in total. The zero-order valence-corrected chi connectivity index (χ0v) is 14.1. The molecule has 0 bridgehead atoms. The molecular weight excluding hydrogens is 395 g/mol. The van der Waals surface area contributed by atoms with E-state index in [2.05, 4.69) is 33.2 Å². The highest BCUT2D eigenvalue weighted by Gasteiger charge is 2.16. The first kappa shape index (κ1) is 15.0. The van der Waals surface area contributed by atoms with Crippen LogP contribution in [0.1, 0.15) is 6.92 Å². The molecule has 0 radical (unpaired) electrons. The van der Waals surface area contributed by atoms with Crippen LogP contribution < -0.4 is 20.1 Å². The molecule has 0 saturated carbocycles. The molecule has 1 unspecified atom stereocenters. The Morgan fingerprint density at radius 2 is 1.95 bits per heavy atom. The smallest absolute Gasteiger partial charge is 0.246 e. The van der Waals surface area contributed by atoms with E-state index in [-0.39, 0.29) is 18.7 Å². The van der Waals surface area contributed by atoms with Gasteiger partial charge in [0.05, 0.1) is 0 Å². The maximum Gasteiger partial charge on any atom is 0.246 e. The number of carbonyl (C=O) groups is 1. The second-order valence-corrected chi connectivity index (χ2v) is 6.18. The van der Waals surface area contributed by atoms with Gasteiger partial charge in [0.1, 0.15) is 6.04 Å².